The topological polar surface area (TPSA) is 55.4 Å². The molecule has 0 aromatic heterocycles. The lowest BCUT2D eigenvalue weighted by atomic mass is 10.2. The molecule has 0 radical (unpaired) electrons. The standard InChI is InChI=1S/C15H24FNO3S/c1-4-8-21(18,19)9-7-20-15-6-5-14(16)10-13(15)11-17-12(2)3/h5-6,10,12,17H,4,7-9,11H2,1-3H3. The van der Waals surface area contributed by atoms with Crippen molar-refractivity contribution < 1.29 is 17.5 Å². The molecule has 0 heterocycles. The van der Waals surface area contributed by atoms with Crippen LogP contribution in [0.15, 0.2) is 18.2 Å². The Kier molecular flexibility index (Phi) is 7.11. The minimum absolute atomic E-state index is 0.0186. The van der Waals surface area contributed by atoms with Crippen LogP contribution in [0.4, 0.5) is 4.39 Å². The minimum Gasteiger partial charge on any atom is -0.492 e. The van der Waals surface area contributed by atoms with E-state index in [0.29, 0.717) is 24.3 Å². The molecule has 21 heavy (non-hydrogen) atoms. The molecule has 6 heteroatoms. The Bertz CT molecular complexity index is 544. The van der Waals surface area contributed by atoms with Crippen LogP contribution in [0.2, 0.25) is 0 Å². The molecule has 0 spiro atoms. The van der Waals surface area contributed by atoms with E-state index in [0.717, 1.165) is 0 Å². The molecule has 1 N–H and O–H groups in total. The molecule has 0 amide bonds. The van der Waals surface area contributed by atoms with Crippen LogP contribution in [0, 0.1) is 5.82 Å². The average molecular weight is 317 g/mol. The predicted molar refractivity (Wildman–Crippen MR) is 82.8 cm³/mol. The van der Waals surface area contributed by atoms with Crippen LogP contribution in [-0.4, -0.2) is 32.6 Å². The van der Waals surface area contributed by atoms with E-state index >= 15 is 0 Å². The fourth-order valence-corrected chi connectivity index (χ4v) is 3.00. The zero-order chi connectivity index (χ0) is 15.9. The number of nitrogens with one attached hydrogen (secondary N) is 1. The third kappa shape index (κ3) is 6.91. The van der Waals surface area contributed by atoms with Gasteiger partial charge >= 0.3 is 0 Å². The van der Waals surface area contributed by atoms with Gasteiger partial charge in [0.05, 0.1) is 11.5 Å². The zero-order valence-electron chi connectivity index (χ0n) is 12.9. The lowest BCUT2D eigenvalue weighted by Gasteiger charge is -2.14. The summed E-state index contributed by atoms with van der Waals surface area (Å²) in [5.74, 6) is 0.342. The van der Waals surface area contributed by atoms with Crippen LogP contribution >= 0.6 is 0 Å². The third-order valence-electron chi connectivity index (χ3n) is 2.89. The molecular formula is C15H24FNO3S. The van der Waals surface area contributed by atoms with Gasteiger partial charge in [-0.05, 0) is 24.6 Å². The Morgan fingerprint density at radius 1 is 1.29 bits per heavy atom. The minimum atomic E-state index is -3.06. The van der Waals surface area contributed by atoms with Gasteiger partial charge in [0.15, 0.2) is 9.84 Å². The van der Waals surface area contributed by atoms with Gasteiger partial charge < -0.3 is 10.1 Å². The van der Waals surface area contributed by atoms with Gasteiger partial charge in [-0.15, -0.1) is 0 Å². The van der Waals surface area contributed by atoms with E-state index in [1.54, 1.807) is 6.07 Å². The predicted octanol–water partition coefficient (Wildman–Crippen LogP) is 2.53. The van der Waals surface area contributed by atoms with Crippen molar-refractivity contribution in [1.82, 2.24) is 5.32 Å². The van der Waals surface area contributed by atoms with Gasteiger partial charge in [-0.3, -0.25) is 0 Å². The maximum Gasteiger partial charge on any atom is 0.153 e. The molecule has 0 aliphatic carbocycles. The molecule has 0 bridgehead atoms. The highest BCUT2D eigenvalue weighted by Crippen LogP contribution is 2.20. The van der Waals surface area contributed by atoms with Crippen molar-refractivity contribution in [3.8, 4) is 5.75 Å². The van der Waals surface area contributed by atoms with E-state index < -0.39 is 9.84 Å². The van der Waals surface area contributed by atoms with Gasteiger partial charge in [0.25, 0.3) is 0 Å². The van der Waals surface area contributed by atoms with Crippen molar-refractivity contribution in [1.29, 1.82) is 0 Å². The van der Waals surface area contributed by atoms with Crippen molar-refractivity contribution >= 4 is 9.84 Å². The molecule has 1 aromatic rings. The Morgan fingerprint density at radius 3 is 2.62 bits per heavy atom. The Hall–Kier alpha value is -1.14. The van der Waals surface area contributed by atoms with Crippen LogP contribution in [0.5, 0.6) is 5.75 Å². The summed E-state index contributed by atoms with van der Waals surface area (Å²) in [6, 6.07) is 4.53. The first-order valence-electron chi connectivity index (χ1n) is 7.19. The van der Waals surface area contributed by atoms with Crippen molar-refractivity contribution in [3.63, 3.8) is 0 Å². The van der Waals surface area contributed by atoms with Crippen molar-refractivity contribution in [3.05, 3.63) is 29.6 Å². The highest BCUT2D eigenvalue weighted by atomic mass is 32.2. The largest absolute Gasteiger partial charge is 0.492 e. The normalized spacial score (nSPS) is 11.9. The number of hydrogen-bond acceptors (Lipinski definition) is 4. The molecule has 0 aliphatic rings. The average Bonchev–Trinajstić information content (AvgIpc) is 2.38. The van der Waals surface area contributed by atoms with Crippen LogP contribution in [0.1, 0.15) is 32.8 Å². The quantitative estimate of drug-likeness (QED) is 0.760. The first kappa shape index (κ1) is 17.9. The summed E-state index contributed by atoms with van der Waals surface area (Å²) >= 11 is 0. The van der Waals surface area contributed by atoms with Gasteiger partial charge in [0, 0.05) is 18.2 Å². The van der Waals surface area contributed by atoms with Crippen LogP contribution in [-0.2, 0) is 16.4 Å². The van der Waals surface area contributed by atoms with Crippen molar-refractivity contribution in [2.45, 2.75) is 39.8 Å². The Morgan fingerprint density at radius 2 is 2.00 bits per heavy atom. The summed E-state index contributed by atoms with van der Waals surface area (Å²) in [5, 5.41) is 3.19. The second-order valence-electron chi connectivity index (χ2n) is 5.29. The maximum atomic E-state index is 13.3. The van der Waals surface area contributed by atoms with E-state index in [4.69, 9.17) is 4.74 Å². The second-order valence-corrected chi connectivity index (χ2v) is 7.59. The Labute approximate surface area is 126 Å². The first-order valence-corrected chi connectivity index (χ1v) is 9.01. The van der Waals surface area contributed by atoms with E-state index in [1.807, 2.05) is 20.8 Å². The summed E-state index contributed by atoms with van der Waals surface area (Å²) in [7, 11) is -3.06. The highest BCUT2D eigenvalue weighted by Gasteiger charge is 2.11. The molecule has 4 nitrogen and oxygen atoms in total. The van der Waals surface area contributed by atoms with Gasteiger partial charge in [0.1, 0.15) is 18.2 Å². The van der Waals surface area contributed by atoms with Crippen molar-refractivity contribution in [2.75, 3.05) is 18.1 Å². The number of rotatable bonds is 9. The smallest absolute Gasteiger partial charge is 0.153 e. The molecule has 0 saturated carbocycles. The molecule has 1 rings (SSSR count). The summed E-state index contributed by atoms with van der Waals surface area (Å²) < 4.78 is 42.1. The number of halogens is 1. The molecular weight excluding hydrogens is 293 g/mol. The van der Waals surface area contributed by atoms with Crippen LogP contribution < -0.4 is 10.1 Å². The third-order valence-corrected chi connectivity index (χ3v) is 4.71. The number of benzene rings is 1. The maximum absolute atomic E-state index is 13.3. The van der Waals surface area contributed by atoms with Gasteiger partial charge in [0.2, 0.25) is 0 Å². The fourth-order valence-electron chi connectivity index (χ4n) is 1.83. The lowest BCUT2D eigenvalue weighted by Crippen LogP contribution is -2.23. The Balaban J connectivity index is 2.65. The summed E-state index contributed by atoms with van der Waals surface area (Å²) in [5.41, 5.74) is 0.691. The lowest BCUT2D eigenvalue weighted by molar-refractivity contribution is 0.335. The molecule has 0 fully saturated rings. The number of ether oxygens (including phenoxy) is 1. The fraction of sp³-hybridized carbons (Fsp3) is 0.600. The summed E-state index contributed by atoms with van der Waals surface area (Å²) in [6.45, 7) is 6.39. The van der Waals surface area contributed by atoms with Crippen LogP contribution in [0.3, 0.4) is 0 Å². The monoisotopic (exact) mass is 317 g/mol. The summed E-state index contributed by atoms with van der Waals surface area (Å²) in [6.07, 6.45) is 0.600. The second kappa shape index (κ2) is 8.34. The van der Waals surface area contributed by atoms with E-state index in [2.05, 4.69) is 5.32 Å². The number of hydrogen-bond donors (Lipinski definition) is 1. The molecule has 1 aromatic carbocycles. The SMILES string of the molecule is CCCS(=O)(=O)CCOc1ccc(F)cc1CNC(C)C. The zero-order valence-corrected chi connectivity index (χ0v) is 13.7. The van der Waals surface area contributed by atoms with E-state index in [-0.39, 0.29) is 30.0 Å². The van der Waals surface area contributed by atoms with Crippen molar-refractivity contribution in [2.24, 2.45) is 0 Å². The molecule has 0 atom stereocenters. The summed E-state index contributed by atoms with van der Waals surface area (Å²) in [4.78, 5) is 0. The van der Waals surface area contributed by atoms with E-state index in [1.165, 1.54) is 12.1 Å². The van der Waals surface area contributed by atoms with Crippen LogP contribution in [0.25, 0.3) is 0 Å². The van der Waals surface area contributed by atoms with Gasteiger partial charge in [-0.1, -0.05) is 20.8 Å². The first-order chi connectivity index (χ1) is 9.84. The molecule has 0 unspecified atom stereocenters. The van der Waals surface area contributed by atoms with E-state index in [9.17, 15) is 12.8 Å². The molecule has 120 valence electrons. The van der Waals surface area contributed by atoms with Gasteiger partial charge in [-0.2, -0.15) is 0 Å². The van der Waals surface area contributed by atoms with Gasteiger partial charge in [-0.25, -0.2) is 12.8 Å². The molecule has 0 aliphatic heterocycles. The number of sulfone groups is 1. The molecule has 0 saturated heterocycles. The highest BCUT2D eigenvalue weighted by molar-refractivity contribution is 7.91.